The molecule has 4 heteroatoms. The predicted molar refractivity (Wildman–Crippen MR) is 90.9 cm³/mol. The Labute approximate surface area is 143 Å². The van der Waals surface area contributed by atoms with E-state index in [2.05, 4.69) is 12.1 Å². The molecule has 0 N–H and O–H groups in total. The number of fused-ring (bicyclic) bond motifs is 3. The first-order valence-electron chi connectivity index (χ1n) is 8.80. The third-order valence-corrected chi connectivity index (χ3v) is 5.98. The lowest BCUT2D eigenvalue weighted by Crippen LogP contribution is -2.40. The summed E-state index contributed by atoms with van der Waals surface area (Å²) in [5.74, 6) is -0.700. The molecule has 0 saturated heterocycles. The van der Waals surface area contributed by atoms with Gasteiger partial charge in [-0.05, 0) is 67.7 Å². The minimum absolute atomic E-state index is 0.187. The maximum absolute atomic E-state index is 12.5. The van der Waals surface area contributed by atoms with Crippen molar-refractivity contribution in [3.63, 3.8) is 0 Å². The zero-order chi connectivity index (χ0) is 17.3. The van der Waals surface area contributed by atoms with Gasteiger partial charge in [0.1, 0.15) is 0 Å². The Hall–Kier alpha value is -1.84. The van der Waals surface area contributed by atoms with Gasteiger partial charge in [-0.1, -0.05) is 12.1 Å². The Balaban J connectivity index is 2.08. The molecule has 0 saturated carbocycles. The highest BCUT2D eigenvalue weighted by atomic mass is 16.5. The molecule has 0 fully saturated rings. The van der Waals surface area contributed by atoms with Gasteiger partial charge in [-0.2, -0.15) is 0 Å². The molecule has 0 bridgehead atoms. The zero-order valence-corrected chi connectivity index (χ0v) is 14.8. The van der Waals surface area contributed by atoms with Crippen molar-refractivity contribution in [1.29, 1.82) is 0 Å². The van der Waals surface area contributed by atoms with E-state index < -0.39 is 5.41 Å². The number of carbonyl (C=O) groups excluding carboxylic acids is 2. The Morgan fingerprint density at radius 1 is 1.08 bits per heavy atom. The van der Waals surface area contributed by atoms with E-state index >= 15 is 0 Å². The van der Waals surface area contributed by atoms with Crippen LogP contribution in [0.3, 0.4) is 0 Å². The Kier molecular flexibility index (Phi) is 4.66. The van der Waals surface area contributed by atoms with Gasteiger partial charge in [0.05, 0.1) is 26.1 Å². The van der Waals surface area contributed by atoms with Crippen LogP contribution in [0.15, 0.2) is 12.1 Å². The summed E-state index contributed by atoms with van der Waals surface area (Å²) in [6.07, 6.45) is 6.52. The van der Waals surface area contributed by atoms with Crippen molar-refractivity contribution in [1.82, 2.24) is 0 Å². The molecule has 0 aromatic heterocycles. The maximum atomic E-state index is 12.5. The topological polar surface area (TPSA) is 52.6 Å². The monoisotopic (exact) mass is 330 g/mol. The molecule has 0 aliphatic heterocycles. The first kappa shape index (κ1) is 17.0. The van der Waals surface area contributed by atoms with Gasteiger partial charge in [-0.15, -0.1) is 0 Å². The maximum Gasteiger partial charge on any atom is 0.312 e. The first-order valence-corrected chi connectivity index (χ1v) is 8.80. The molecule has 2 aliphatic carbocycles. The van der Waals surface area contributed by atoms with Gasteiger partial charge in [0.2, 0.25) is 0 Å². The smallest absolute Gasteiger partial charge is 0.312 e. The second-order valence-electron chi connectivity index (χ2n) is 7.22. The number of ether oxygens (including phenoxy) is 2. The number of rotatable bonds is 3. The second-order valence-corrected chi connectivity index (χ2v) is 7.22. The van der Waals surface area contributed by atoms with Crippen LogP contribution in [0.1, 0.15) is 60.8 Å². The lowest BCUT2D eigenvalue weighted by Gasteiger charge is -2.41. The van der Waals surface area contributed by atoms with Crippen LogP contribution in [0, 0.1) is 5.41 Å². The zero-order valence-electron chi connectivity index (χ0n) is 14.8. The van der Waals surface area contributed by atoms with Gasteiger partial charge < -0.3 is 9.47 Å². The van der Waals surface area contributed by atoms with Crippen molar-refractivity contribution in [2.75, 3.05) is 14.2 Å². The van der Waals surface area contributed by atoms with Crippen LogP contribution in [-0.2, 0) is 38.3 Å². The fourth-order valence-electron chi connectivity index (χ4n) is 4.51. The standard InChI is InChI=1S/C20H26O4/c1-20(19(22)24-3)11-10-15-14-7-5-4-6-13(14)8-9-16(15)17(20)12-18(21)23-2/h8-9,17H,4-7,10-12H2,1-3H3. The van der Waals surface area contributed by atoms with E-state index in [0.717, 1.165) is 24.8 Å². The average molecular weight is 330 g/mol. The SMILES string of the molecule is COC(=O)CC1c2ccc3c(c2CCC1(C)C(=O)OC)CCCC3. The lowest BCUT2D eigenvalue weighted by molar-refractivity contribution is -0.155. The van der Waals surface area contributed by atoms with Crippen molar-refractivity contribution >= 4 is 11.9 Å². The van der Waals surface area contributed by atoms with Crippen LogP contribution >= 0.6 is 0 Å². The Bertz CT molecular complexity index is 664. The summed E-state index contributed by atoms with van der Waals surface area (Å²) in [5, 5.41) is 0. The largest absolute Gasteiger partial charge is 0.469 e. The van der Waals surface area contributed by atoms with Gasteiger partial charge in [-0.3, -0.25) is 9.59 Å². The highest BCUT2D eigenvalue weighted by molar-refractivity contribution is 5.81. The molecule has 4 nitrogen and oxygen atoms in total. The lowest BCUT2D eigenvalue weighted by atomic mass is 9.62. The number of carbonyl (C=O) groups is 2. The molecule has 24 heavy (non-hydrogen) atoms. The van der Waals surface area contributed by atoms with Crippen LogP contribution in [0.25, 0.3) is 0 Å². The molecule has 1 aromatic carbocycles. The molecule has 3 rings (SSSR count). The van der Waals surface area contributed by atoms with E-state index in [1.54, 1.807) is 0 Å². The molecule has 1 aromatic rings. The average Bonchev–Trinajstić information content (AvgIpc) is 2.62. The van der Waals surface area contributed by atoms with Crippen molar-refractivity contribution < 1.29 is 19.1 Å². The van der Waals surface area contributed by atoms with Gasteiger partial charge in [0.15, 0.2) is 0 Å². The van der Waals surface area contributed by atoms with E-state index in [-0.39, 0.29) is 24.3 Å². The van der Waals surface area contributed by atoms with E-state index in [1.165, 1.54) is 43.8 Å². The van der Waals surface area contributed by atoms with Crippen LogP contribution in [0.2, 0.25) is 0 Å². The Morgan fingerprint density at radius 3 is 2.54 bits per heavy atom. The first-order chi connectivity index (χ1) is 11.5. The molecule has 130 valence electrons. The van der Waals surface area contributed by atoms with Gasteiger partial charge in [-0.25, -0.2) is 0 Å². The summed E-state index contributed by atoms with van der Waals surface area (Å²) < 4.78 is 9.97. The highest BCUT2D eigenvalue weighted by Gasteiger charge is 2.47. The summed E-state index contributed by atoms with van der Waals surface area (Å²) in [6.45, 7) is 1.93. The molecule has 2 unspecified atom stereocenters. The number of hydrogen-bond acceptors (Lipinski definition) is 4. The van der Waals surface area contributed by atoms with E-state index in [0.29, 0.717) is 6.42 Å². The highest BCUT2D eigenvalue weighted by Crippen LogP contribution is 2.49. The molecular formula is C20H26O4. The number of hydrogen-bond donors (Lipinski definition) is 0. The molecule has 0 heterocycles. The van der Waals surface area contributed by atoms with Crippen molar-refractivity contribution in [2.24, 2.45) is 5.41 Å². The molecule has 2 aliphatic rings. The van der Waals surface area contributed by atoms with Gasteiger partial charge >= 0.3 is 11.9 Å². The van der Waals surface area contributed by atoms with Gasteiger partial charge in [0.25, 0.3) is 0 Å². The molecule has 0 amide bonds. The number of esters is 2. The summed E-state index contributed by atoms with van der Waals surface area (Å²) in [4.78, 5) is 24.5. The molecule has 0 spiro atoms. The fraction of sp³-hybridized carbons (Fsp3) is 0.600. The van der Waals surface area contributed by atoms with E-state index in [9.17, 15) is 9.59 Å². The van der Waals surface area contributed by atoms with Crippen LogP contribution in [-0.4, -0.2) is 26.2 Å². The fourth-order valence-corrected chi connectivity index (χ4v) is 4.51. The van der Waals surface area contributed by atoms with Crippen LogP contribution in [0.5, 0.6) is 0 Å². The van der Waals surface area contributed by atoms with Crippen molar-refractivity contribution in [2.45, 2.75) is 57.8 Å². The molecule has 0 radical (unpaired) electrons. The van der Waals surface area contributed by atoms with Crippen molar-refractivity contribution in [3.8, 4) is 0 Å². The van der Waals surface area contributed by atoms with Crippen molar-refractivity contribution in [3.05, 3.63) is 34.4 Å². The predicted octanol–water partition coefficient (Wildman–Crippen LogP) is 3.34. The number of aryl methyl sites for hydroxylation is 1. The minimum atomic E-state index is -0.682. The minimum Gasteiger partial charge on any atom is -0.469 e. The normalized spacial score (nSPS) is 25.4. The Morgan fingerprint density at radius 2 is 1.83 bits per heavy atom. The summed E-state index contributed by atoms with van der Waals surface area (Å²) in [7, 11) is 2.82. The van der Waals surface area contributed by atoms with Crippen LogP contribution < -0.4 is 0 Å². The van der Waals surface area contributed by atoms with E-state index in [1.807, 2.05) is 6.92 Å². The summed E-state index contributed by atoms with van der Waals surface area (Å²) in [5.41, 5.74) is 4.72. The number of benzene rings is 1. The van der Waals surface area contributed by atoms with Gasteiger partial charge in [0, 0.05) is 5.92 Å². The summed E-state index contributed by atoms with van der Waals surface area (Å²) >= 11 is 0. The summed E-state index contributed by atoms with van der Waals surface area (Å²) in [6, 6.07) is 4.33. The van der Waals surface area contributed by atoms with Crippen LogP contribution in [0.4, 0.5) is 0 Å². The third-order valence-electron chi connectivity index (χ3n) is 5.98. The third kappa shape index (κ3) is 2.72. The second kappa shape index (κ2) is 6.58. The molecule has 2 atom stereocenters. The molecular weight excluding hydrogens is 304 g/mol. The number of methoxy groups -OCH3 is 2. The van der Waals surface area contributed by atoms with E-state index in [4.69, 9.17) is 9.47 Å². The quantitative estimate of drug-likeness (QED) is 0.798.